The lowest BCUT2D eigenvalue weighted by Crippen LogP contribution is -2.43. The molecule has 0 aromatic heterocycles. The summed E-state index contributed by atoms with van der Waals surface area (Å²) in [5, 5.41) is 0.625. The highest BCUT2D eigenvalue weighted by atomic mass is 35.5. The predicted molar refractivity (Wildman–Crippen MR) is 87.1 cm³/mol. The molecule has 1 saturated heterocycles. The van der Waals surface area contributed by atoms with Crippen LogP contribution in [0, 0.1) is 5.92 Å². The molecule has 0 saturated carbocycles. The van der Waals surface area contributed by atoms with Crippen LogP contribution in [0.5, 0.6) is 0 Å². The van der Waals surface area contributed by atoms with E-state index in [0.717, 1.165) is 57.5 Å². The van der Waals surface area contributed by atoms with E-state index in [-0.39, 0.29) is 12.4 Å². The van der Waals surface area contributed by atoms with Crippen LogP contribution in [0.4, 0.5) is 0 Å². The second kappa shape index (κ2) is 10.8. The second-order valence-electron chi connectivity index (χ2n) is 5.45. The third-order valence-corrected chi connectivity index (χ3v) is 5.07. The minimum absolute atomic E-state index is 0. The molecular formula is C14H29ClN2OS. The lowest BCUT2D eigenvalue weighted by atomic mass is 10.1. The molecule has 1 amide bonds. The molecule has 0 spiro atoms. The summed E-state index contributed by atoms with van der Waals surface area (Å²) < 4.78 is 0. The molecule has 19 heavy (non-hydrogen) atoms. The van der Waals surface area contributed by atoms with Gasteiger partial charge in [0.15, 0.2) is 0 Å². The van der Waals surface area contributed by atoms with Crippen molar-refractivity contribution in [2.75, 3.05) is 25.4 Å². The quantitative estimate of drug-likeness (QED) is 0.736. The number of unbranched alkanes of at least 4 members (excludes halogenated alkanes) is 3. The molecule has 1 heterocycles. The first-order chi connectivity index (χ1) is 8.65. The molecule has 1 rings (SSSR count). The van der Waals surface area contributed by atoms with Crippen LogP contribution in [-0.2, 0) is 4.79 Å². The molecule has 0 radical (unpaired) electrons. The summed E-state index contributed by atoms with van der Waals surface area (Å²) in [4.78, 5) is 14.2. The Hall–Kier alpha value is 0.0700. The number of thioether (sulfide) groups is 1. The molecule has 114 valence electrons. The van der Waals surface area contributed by atoms with E-state index in [1.807, 2.05) is 11.8 Å². The third-order valence-electron chi connectivity index (χ3n) is 3.53. The highest BCUT2D eigenvalue weighted by molar-refractivity contribution is 8.00. The fourth-order valence-corrected chi connectivity index (χ4v) is 3.54. The topological polar surface area (TPSA) is 46.3 Å². The Morgan fingerprint density at radius 3 is 2.63 bits per heavy atom. The first-order valence-corrected chi connectivity index (χ1v) is 8.29. The molecule has 1 unspecified atom stereocenters. The number of amides is 1. The summed E-state index contributed by atoms with van der Waals surface area (Å²) >= 11 is 2.02. The van der Waals surface area contributed by atoms with Crippen molar-refractivity contribution in [1.82, 2.24) is 4.90 Å². The zero-order valence-corrected chi connectivity index (χ0v) is 13.9. The number of nitrogens with two attached hydrogens (primary N) is 1. The number of carbonyl (C=O) groups is 1. The van der Waals surface area contributed by atoms with Crippen LogP contribution in [0.1, 0.15) is 46.0 Å². The van der Waals surface area contributed by atoms with Gasteiger partial charge < -0.3 is 10.6 Å². The molecule has 0 bridgehead atoms. The van der Waals surface area contributed by atoms with E-state index in [1.54, 1.807) is 0 Å². The van der Waals surface area contributed by atoms with Gasteiger partial charge in [-0.3, -0.25) is 4.79 Å². The highest BCUT2D eigenvalue weighted by Crippen LogP contribution is 2.25. The maximum Gasteiger partial charge on any atom is 0.222 e. The Balaban J connectivity index is 0.00000324. The Kier molecular flexibility index (Phi) is 10.8. The molecule has 3 nitrogen and oxygen atoms in total. The number of halogens is 1. The normalized spacial score (nSPS) is 19.4. The number of nitrogens with zero attached hydrogens (tertiary/aromatic N) is 1. The highest BCUT2D eigenvalue weighted by Gasteiger charge is 2.25. The van der Waals surface area contributed by atoms with Crippen LogP contribution >= 0.6 is 24.2 Å². The number of rotatable bonds is 7. The van der Waals surface area contributed by atoms with E-state index in [0.29, 0.717) is 17.1 Å². The van der Waals surface area contributed by atoms with Crippen molar-refractivity contribution >= 4 is 30.1 Å². The van der Waals surface area contributed by atoms with Gasteiger partial charge in [-0.15, -0.1) is 12.4 Å². The van der Waals surface area contributed by atoms with Crippen molar-refractivity contribution in [1.29, 1.82) is 0 Å². The Bertz CT molecular complexity index is 252. The van der Waals surface area contributed by atoms with E-state index in [2.05, 4.69) is 18.7 Å². The molecule has 1 aliphatic heterocycles. The van der Waals surface area contributed by atoms with Crippen LogP contribution in [0.25, 0.3) is 0 Å². The first kappa shape index (κ1) is 19.1. The van der Waals surface area contributed by atoms with E-state index in [4.69, 9.17) is 5.73 Å². The van der Waals surface area contributed by atoms with Gasteiger partial charge in [0.2, 0.25) is 5.91 Å². The van der Waals surface area contributed by atoms with Gasteiger partial charge >= 0.3 is 0 Å². The van der Waals surface area contributed by atoms with E-state index in [1.165, 1.54) is 0 Å². The van der Waals surface area contributed by atoms with Crippen LogP contribution < -0.4 is 5.73 Å². The first-order valence-electron chi connectivity index (χ1n) is 7.24. The number of hydrogen-bond acceptors (Lipinski definition) is 3. The average molecular weight is 309 g/mol. The molecule has 0 aliphatic carbocycles. The minimum Gasteiger partial charge on any atom is -0.341 e. The van der Waals surface area contributed by atoms with Gasteiger partial charge in [0.05, 0.1) is 0 Å². The van der Waals surface area contributed by atoms with Gasteiger partial charge in [0.25, 0.3) is 0 Å². The summed E-state index contributed by atoms with van der Waals surface area (Å²) in [6.45, 7) is 7.16. The molecule has 5 heteroatoms. The standard InChI is InChI=1S/C14H28N2OS.ClH/c1-12(2)13-11-16(9-10-18-13)14(17)7-5-3-4-6-8-15;/h12-13H,3-11,15H2,1-2H3;1H. The van der Waals surface area contributed by atoms with Gasteiger partial charge in [-0.2, -0.15) is 11.8 Å². The van der Waals surface area contributed by atoms with Crippen molar-refractivity contribution in [3.8, 4) is 0 Å². The van der Waals surface area contributed by atoms with Gasteiger partial charge in [-0.25, -0.2) is 0 Å². The zero-order valence-electron chi connectivity index (χ0n) is 12.3. The van der Waals surface area contributed by atoms with E-state index >= 15 is 0 Å². The average Bonchev–Trinajstić information content (AvgIpc) is 2.38. The van der Waals surface area contributed by atoms with Crippen molar-refractivity contribution in [3.63, 3.8) is 0 Å². The second-order valence-corrected chi connectivity index (χ2v) is 6.79. The molecule has 1 aliphatic rings. The summed E-state index contributed by atoms with van der Waals surface area (Å²) in [6, 6.07) is 0. The maximum absolute atomic E-state index is 12.1. The molecule has 1 atom stereocenters. The predicted octanol–water partition coefficient (Wildman–Crippen LogP) is 2.92. The largest absolute Gasteiger partial charge is 0.341 e. The van der Waals surface area contributed by atoms with Gasteiger partial charge in [0.1, 0.15) is 0 Å². The van der Waals surface area contributed by atoms with Crippen LogP contribution in [0.2, 0.25) is 0 Å². The summed E-state index contributed by atoms with van der Waals surface area (Å²) in [5.41, 5.74) is 5.45. The third kappa shape index (κ3) is 7.42. The maximum atomic E-state index is 12.1. The smallest absolute Gasteiger partial charge is 0.222 e. The van der Waals surface area contributed by atoms with Crippen LogP contribution in [0.3, 0.4) is 0 Å². The van der Waals surface area contributed by atoms with Gasteiger partial charge in [0, 0.05) is 30.5 Å². The lowest BCUT2D eigenvalue weighted by molar-refractivity contribution is -0.131. The molecule has 1 fully saturated rings. The fourth-order valence-electron chi connectivity index (χ4n) is 2.24. The molecule has 2 N–H and O–H groups in total. The van der Waals surface area contributed by atoms with E-state index < -0.39 is 0 Å². The van der Waals surface area contributed by atoms with Crippen LogP contribution in [-0.4, -0.2) is 41.4 Å². The summed E-state index contributed by atoms with van der Waals surface area (Å²) in [5.74, 6) is 2.12. The van der Waals surface area contributed by atoms with Crippen molar-refractivity contribution < 1.29 is 4.79 Å². The summed E-state index contributed by atoms with van der Waals surface area (Å²) in [7, 11) is 0. The van der Waals surface area contributed by atoms with Crippen LogP contribution in [0.15, 0.2) is 0 Å². The molecule has 0 aromatic rings. The fraction of sp³-hybridized carbons (Fsp3) is 0.929. The summed E-state index contributed by atoms with van der Waals surface area (Å²) in [6.07, 6.45) is 5.13. The molecule has 0 aromatic carbocycles. The lowest BCUT2D eigenvalue weighted by Gasteiger charge is -2.34. The molecular weight excluding hydrogens is 280 g/mol. The Labute approximate surface area is 128 Å². The monoisotopic (exact) mass is 308 g/mol. The zero-order chi connectivity index (χ0) is 13.4. The van der Waals surface area contributed by atoms with Crippen molar-refractivity contribution in [3.05, 3.63) is 0 Å². The van der Waals surface area contributed by atoms with Crippen molar-refractivity contribution in [2.24, 2.45) is 11.7 Å². The Morgan fingerprint density at radius 1 is 1.32 bits per heavy atom. The number of carbonyl (C=O) groups excluding carboxylic acids is 1. The Morgan fingerprint density at radius 2 is 2.00 bits per heavy atom. The van der Waals surface area contributed by atoms with Gasteiger partial charge in [-0.05, 0) is 25.3 Å². The van der Waals surface area contributed by atoms with Crippen molar-refractivity contribution in [2.45, 2.75) is 51.2 Å². The number of hydrogen-bond donors (Lipinski definition) is 1. The van der Waals surface area contributed by atoms with Gasteiger partial charge in [-0.1, -0.05) is 26.7 Å². The minimum atomic E-state index is 0. The van der Waals surface area contributed by atoms with E-state index in [9.17, 15) is 4.79 Å². The SMILES string of the molecule is CC(C)C1CN(C(=O)CCCCCCN)CCS1.Cl.